The van der Waals surface area contributed by atoms with Crippen LogP contribution in [0.3, 0.4) is 0 Å². The molecule has 2 rings (SSSR count). The second kappa shape index (κ2) is 3.70. The van der Waals surface area contributed by atoms with Crippen molar-refractivity contribution >= 4 is 5.82 Å². The average molecular weight is 178 g/mol. The number of aromatic nitrogens is 2. The lowest BCUT2D eigenvalue weighted by atomic mass is 9.95. The number of nitrogens with one attached hydrogen (secondary N) is 1. The third kappa shape index (κ3) is 1.95. The number of anilines is 1. The molecule has 1 aromatic rings. The summed E-state index contributed by atoms with van der Waals surface area (Å²) in [5.41, 5.74) is 6.62. The molecule has 3 N–H and O–H groups in total. The molecule has 0 spiro atoms. The van der Waals surface area contributed by atoms with Crippen LogP contribution in [0.4, 0.5) is 5.82 Å². The lowest BCUT2D eigenvalue weighted by Gasteiger charge is -2.21. The maximum Gasteiger partial charge on any atom is 0.142 e. The van der Waals surface area contributed by atoms with Crippen LogP contribution in [-0.4, -0.2) is 23.1 Å². The molecular weight excluding hydrogens is 164 g/mol. The number of rotatable bonds is 1. The van der Waals surface area contributed by atoms with Crippen molar-refractivity contribution in [1.82, 2.24) is 15.3 Å². The molecule has 4 nitrogen and oxygen atoms in total. The Balaban J connectivity index is 2.14. The highest BCUT2D eigenvalue weighted by Gasteiger charge is 2.16. The summed E-state index contributed by atoms with van der Waals surface area (Å²) in [5.74, 6) is 1.06. The molecule has 0 aliphatic carbocycles. The van der Waals surface area contributed by atoms with Gasteiger partial charge < -0.3 is 11.1 Å². The lowest BCUT2D eigenvalue weighted by molar-refractivity contribution is 0.452. The van der Waals surface area contributed by atoms with E-state index in [0.29, 0.717) is 11.7 Å². The summed E-state index contributed by atoms with van der Waals surface area (Å²) in [5, 5.41) is 3.32. The summed E-state index contributed by atoms with van der Waals surface area (Å²) < 4.78 is 0. The third-order valence-corrected chi connectivity index (χ3v) is 2.43. The molecule has 1 fully saturated rings. The van der Waals surface area contributed by atoms with Crippen molar-refractivity contribution in [3.8, 4) is 0 Å². The first-order valence-corrected chi connectivity index (χ1v) is 4.64. The summed E-state index contributed by atoms with van der Waals surface area (Å²) >= 11 is 0. The van der Waals surface area contributed by atoms with Gasteiger partial charge in [-0.25, -0.2) is 4.98 Å². The fourth-order valence-corrected chi connectivity index (χ4v) is 1.71. The monoisotopic (exact) mass is 178 g/mol. The largest absolute Gasteiger partial charge is 0.382 e. The van der Waals surface area contributed by atoms with E-state index in [9.17, 15) is 0 Å². The molecule has 0 atom stereocenters. The van der Waals surface area contributed by atoms with Crippen molar-refractivity contribution < 1.29 is 0 Å². The molecule has 0 bridgehead atoms. The Bertz CT molecular complexity index is 281. The molecule has 70 valence electrons. The Morgan fingerprint density at radius 1 is 1.31 bits per heavy atom. The standard InChI is InChI=1S/C9H14N4/c10-9-6-12-5-8(13-9)7-1-3-11-4-2-7/h5-7,11H,1-4H2,(H2,10,13). The fourth-order valence-electron chi connectivity index (χ4n) is 1.71. The number of nitrogens with zero attached hydrogens (tertiary/aromatic N) is 2. The smallest absolute Gasteiger partial charge is 0.142 e. The first kappa shape index (κ1) is 8.44. The minimum absolute atomic E-state index is 0.524. The summed E-state index contributed by atoms with van der Waals surface area (Å²) in [6.45, 7) is 2.14. The van der Waals surface area contributed by atoms with Gasteiger partial charge in [-0.3, -0.25) is 4.98 Å². The Morgan fingerprint density at radius 2 is 2.08 bits per heavy atom. The van der Waals surface area contributed by atoms with Gasteiger partial charge in [0, 0.05) is 12.1 Å². The molecular formula is C9H14N4. The molecule has 0 saturated carbocycles. The van der Waals surface area contributed by atoms with Gasteiger partial charge in [0.25, 0.3) is 0 Å². The first-order valence-electron chi connectivity index (χ1n) is 4.64. The molecule has 1 aromatic heterocycles. The van der Waals surface area contributed by atoms with E-state index >= 15 is 0 Å². The van der Waals surface area contributed by atoms with E-state index in [2.05, 4.69) is 15.3 Å². The van der Waals surface area contributed by atoms with Crippen molar-refractivity contribution in [3.05, 3.63) is 18.1 Å². The van der Waals surface area contributed by atoms with Crippen LogP contribution in [0.2, 0.25) is 0 Å². The van der Waals surface area contributed by atoms with Crippen molar-refractivity contribution in [1.29, 1.82) is 0 Å². The summed E-state index contributed by atoms with van der Waals surface area (Å²) in [4.78, 5) is 8.34. The van der Waals surface area contributed by atoms with Crippen LogP contribution < -0.4 is 11.1 Å². The fraction of sp³-hybridized carbons (Fsp3) is 0.556. The van der Waals surface area contributed by atoms with Crippen molar-refractivity contribution in [3.63, 3.8) is 0 Å². The van der Waals surface area contributed by atoms with Crippen LogP contribution >= 0.6 is 0 Å². The van der Waals surface area contributed by atoms with E-state index in [4.69, 9.17) is 5.73 Å². The molecule has 1 aliphatic heterocycles. The second-order valence-electron chi connectivity index (χ2n) is 3.39. The van der Waals surface area contributed by atoms with Gasteiger partial charge in [0.1, 0.15) is 5.82 Å². The number of nitrogens with two attached hydrogens (primary N) is 1. The van der Waals surface area contributed by atoms with Gasteiger partial charge in [0.15, 0.2) is 0 Å². The zero-order chi connectivity index (χ0) is 9.10. The Labute approximate surface area is 77.6 Å². The molecule has 0 amide bonds. The zero-order valence-electron chi connectivity index (χ0n) is 7.53. The quantitative estimate of drug-likeness (QED) is 0.658. The van der Waals surface area contributed by atoms with Crippen molar-refractivity contribution in [2.45, 2.75) is 18.8 Å². The maximum absolute atomic E-state index is 5.58. The molecule has 13 heavy (non-hydrogen) atoms. The number of nitrogen functional groups attached to an aromatic ring is 1. The van der Waals surface area contributed by atoms with E-state index in [1.807, 2.05) is 6.20 Å². The first-order chi connectivity index (χ1) is 6.36. The minimum atomic E-state index is 0.524. The van der Waals surface area contributed by atoms with E-state index in [0.717, 1.165) is 31.6 Å². The Hall–Kier alpha value is -1.16. The van der Waals surface area contributed by atoms with E-state index < -0.39 is 0 Å². The number of hydrogen-bond donors (Lipinski definition) is 2. The van der Waals surface area contributed by atoms with Crippen LogP contribution in [0.15, 0.2) is 12.4 Å². The molecule has 0 radical (unpaired) electrons. The van der Waals surface area contributed by atoms with Gasteiger partial charge in [-0.15, -0.1) is 0 Å². The Kier molecular flexibility index (Phi) is 2.40. The molecule has 4 heteroatoms. The highest BCUT2D eigenvalue weighted by atomic mass is 14.9. The minimum Gasteiger partial charge on any atom is -0.382 e. The molecule has 1 saturated heterocycles. The third-order valence-electron chi connectivity index (χ3n) is 2.43. The van der Waals surface area contributed by atoms with Crippen LogP contribution in [-0.2, 0) is 0 Å². The lowest BCUT2D eigenvalue weighted by Crippen LogP contribution is -2.27. The van der Waals surface area contributed by atoms with Crippen LogP contribution in [0.25, 0.3) is 0 Å². The average Bonchev–Trinajstić information content (AvgIpc) is 2.19. The van der Waals surface area contributed by atoms with E-state index in [-0.39, 0.29) is 0 Å². The Morgan fingerprint density at radius 3 is 2.77 bits per heavy atom. The molecule has 2 heterocycles. The molecule has 0 aromatic carbocycles. The van der Waals surface area contributed by atoms with Gasteiger partial charge in [-0.2, -0.15) is 0 Å². The van der Waals surface area contributed by atoms with Crippen LogP contribution in [0.5, 0.6) is 0 Å². The van der Waals surface area contributed by atoms with Gasteiger partial charge in [0.05, 0.1) is 11.9 Å². The summed E-state index contributed by atoms with van der Waals surface area (Å²) in [7, 11) is 0. The highest BCUT2D eigenvalue weighted by Crippen LogP contribution is 2.22. The number of piperidine rings is 1. The van der Waals surface area contributed by atoms with Gasteiger partial charge >= 0.3 is 0 Å². The SMILES string of the molecule is Nc1cncc(C2CCNCC2)n1. The van der Waals surface area contributed by atoms with Gasteiger partial charge in [0.2, 0.25) is 0 Å². The van der Waals surface area contributed by atoms with Crippen molar-refractivity contribution in [2.75, 3.05) is 18.8 Å². The summed E-state index contributed by atoms with van der Waals surface area (Å²) in [6.07, 6.45) is 5.69. The normalized spacial score (nSPS) is 18.8. The predicted molar refractivity (Wildman–Crippen MR) is 51.3 cm³/mol. The van der Waals surface area contributed by atoms with E-state index in [1.54, 1.807) is 6.20 Å². The topological polar surface area (TPSA) is 63.8 Å². The maximum atomic E-state index is 5.58. The zero-order valence-corrected chi connectivity index (χ0v) is 7.53. The van der Waals surface area contributed by atoms with Crippen LogP contribution in [0.1, 0.15) is 24.5 Å². The van der Waals surface area contributed by atoms with Gasteiger partial charge in [-0.05, 0) is 25.9 Å². The van der Waals surface area contributed by atoms with Crippen molar-refractivity contribution in [2.24, 2.45) is 0 Å². The van der Waals surface area contributed by atoms with Crippen LogP contribution in [0, 0.1) is 0 Å². The van der Waals surface area contributed by atoms with E-state index in [1.165, 1.54) is 0 Å². The second-order valence-corrected chi connectivity index (χ2v) is 3.39. The molecule has 0 unspecified atom stereocenters. The molecule has 1 aliphatic rings. The summed E-state index contributed by atoms with van der Waals surface area (Å²) in [6, 6.07) is 0. The van der Waals surface area contributed by atoms with Gasteiger partial charge in [-0.1, -0.05) is 0 Å². The highest BCUT2D eigenvalue weighted by molar-refractivity contribution is 5.25. The predicted octanol–water partition coefficient (Wildman–Crippen LogP) is 0.526. The number of hydrogen-bond acceptors (Lipinski definition) is 4.